The molecule has 234 valence electrons. The minimum Gasteiger partial charge on any atom is -0.464 e. The summed E-state index contributed by atoms with van der Waals surface area (Å²) in [6.07, 6.45) is -4.90. The van der Waals surface area contributed by atoms with Gasteiger partial charge >= 0.3 is 30.0 Å². The summed E-state index contributed by atoms with van der Waals surface area (Å²) in [5, 5.41) is 4.95. The van der Waals surface area contributed by atoms with Crippen molar-refractivity contribution in [2.24, 2.45) is 0 Å². The summed E-state index contributed by atoms with van der Waals surface area (Å²) < 4.78 is 38.0. The standard InChI is InChI=1S/C26H42N2O13/c1-9-10-11-35-23(33)18(28-25(34)41-26(6,7)8)12-37-24-20(27-14(2)29)22(39-17(5)32)21(38-16(4)31)19(40-24)13-36-15(3)30/h18-22,24H,9-13H2,1-8H3,(H,27,29)(H,28,34)/t18-,19?,20?,21?,22?,24?/m0/s1. The van der Waals surface area contributed by atoms with Crippen LogP contribution in [0.15, 0.2) is 0 Å². The van der Waals surface area contributed by atoms with E-state index in [9.17, 15) is 28.8 Å². The number of hydrogen-bond acceptors (Lipinski definition) is 13. The smallest absolute Gasteiger partial charge is 0.408 e. The van der Waals surface area contributed by atoms with Crippen molar-refractivity contribution in [3.8, 4) is 0 Å². The molecule has 41 heavy (non-hydrogen) atoms. The van der Waals surface area contributed by atoms with Crippen molar-refractivity contribution in [1.29, 1.82) is 0 Å². The van der Waals surface area contributed by atoms with Crippen LogP contribution in [-0.2, 0) is 57.1 Å². The lowest BCUT2D eigenvalue weighted by Crippen LogP contribution is -2.67. The van der Waals surface area contributed by atoms with Gasteiger partial charge < -0.3 is 43.8 Å². The number of ether oxygens (including phenoxy) is 7. The molecule has 0 aromatic heterocycles. The molecule has 15 heteroatoms. The normalized spacial score (nSPS) is 22.9. The van der Waals surface area contributed by atoms with E-state index >= 15 is 0 Å². The van der Waals surface area contributed by atoms with Crippen LogP contribution in [0.3, 0.4) is 0 Å². The molecule has 15 nitrogen and oxygen atoms in total. The van der Waals surface area contributed by atoms with Crippen LogP contribution in [0.1, 0.15) is 68.2 Å². The molecule has 0 spiro atoms. The average Bonchev–Trinajstić information content (AvgIpc) is 2.81. The molecule has 6 atom stereocenters. The molecule has 1 aliphatic heterocycles. The first-order valence-electron chi connectivity index (χ1n) is 13.2. The van der Waals surface area contributed by atoms with E-state index in [-0.39, 0.29) is 6.61 Å². The Kier molecular flexibility index (Phi) is 14.5. The minimum atomic E-state index is -1.44. The largest absolute Gasteiger partial charge is 0.464 e. The summed E-state index contributed by atoms with van der Waals surface area (Å²) in [4.78, 5) is 72.7. The lowest BCUT2D eigenvalue weighted by Gasteiger charge is -2.45. The van der Waals surface area contributed by atoms with E-state index in [0.29, 0.717) is 6.42 Å². The third kappa shape index (κ3) is 13.6. The summed E-state index contributed by atoms with van der Waals surface area (Å²) >= 11 is 0. The van der Waals surface area contributed by atoms with Gasteiger partial charge in [0.2, 0.25) is 5.91 Å². The van der Waals surface area contributed by atoms with Gasteiger partial charge in [0.25, 0.3) is 0 Å². The van der Waals surface area contributed by atoms with Crippen molar-refractivity contribution < 1.29 is 61.9 Å². The van der Waals surface area contributed by atoms with Gasteiger partial charge in [-0.3, -0.25) is 19.2 Å². The molecule has 0 radical (unpaired) electrons. The second-order valence-electron chi connectivity index (χ2n) is 10.3. The quantitative estimate of drug-likeness (QED) is 0.175. The number of alkyl carbamates (subject to hydrolysis) is 1. The van der Waals surface area contributed by atoms with Crippen LogP contribution in [0.5, 0.6) is 0 Å². The van der Waals surface area contributed by atoms with Crippen LogP contribution in [0.2, 0.25) is 0 Å². The van der Waals surface area contributed by atoms with E-state index in [0.717, 1.165) is 27.2 Å². The maximum absolute atomic E-state index is 12.8. The SMILES string of the molecule is CCCCOC(=O)[C@H](COC1OC(COC(C)=O)C(OC(C)=O)C(OC(C)=O)C1NC(C)=O)NC(=O)OC(C)(C)C. The molecular weight excluding hydrogens is 548 g/mol. The van der Waals surface area contributed by atoms with Gasteiger partial charge in [-0.25, -0.2) is 9.59 Å². The van der Waals surface area contributed by atoms with Crippen molar-refractivity contribution in [2.45, 2.75) is 111 Å². The van der Waals surface area contributed by atoms with Crippen molar-refractivity contribution in [2.75, 3.05) is 19.8 Å². The van der Waals surface area contributed by atoms with Crippen LogP contribution in [0.4, 0.5) is 4.79 Å². The van der Waals surface area contributed by atoms with Gasteiger partial charge in [0.15, 0.2) is 24.5 Å². The Bertz CT molecular complexity index is 933. The van der Waals surface area contributed by atoms with Crippen molar-refractivity contribution in [3.63, 3.8) is 0 Å². The molecule has 1 aliphatic rings. The van der Waals surface area contributed by atoms with Crippen LogP contribution < -0.4 is 10.6 Å². The van der Waals surface area contributed by atoms with E-state index in [4.69, 9.17) is 33.2 Å². The molecule has 1 saturated heterocycles. The highest BCUT2D eigenvalue weighted by atomic mass is 16.7. The summed E-state index contributed by atoms with van der Waals surface area (Å²) in [5.74, 6) is -3.61. The highest BCUT2D eigenvalue weighted by Crippen LogP contribution is 2.28. The number of carbonyl (C=O) groups is 6. The first-order chi connectivity index (χ1) is 19.0. The number of rotatable bonds is 13. The van der Waals surface area contributed by atoms with E-state index in [1.165, 1.54) is 6.92 Å². The molecule has 5 unspecified atom stereocenters. The first kappa shape index (κ1) is 35.6. The highest BCUT2D eigenvalue weighted by molar-refractivity contribution is 5.81. The Labute approximate surface area is 239 Å². The van der Waals surface area contributed by atoms with Gasteiger partial charge in [0.05, 0.1) is 13.2 Å². The third-order valence-corrected chi connectivity index (χ3v) is 5.22. The molecule has 0 aromatic rings. The van der Waals surface area contributed by atoms with Gasteiger partial charge in [0, 0.05) is 27.7 Å². The van der Waals surface area contributed by atoms with Gasteiger partial charge in [-0.05, 0) is 27.2 Å². The molecule has 1 fully saturated rings. The number of carbonyl (C=O) groups excluding carboxylic acids is 6. The van der Waals surface area contributed by atoms with Gasteiger partial charge in [-0.15, -0.1) is 0 Å². The lowest BCUT2D eigenvalue weighted by atomic mass is 9.96. The van der Waals surface area contributed by atoms with Gasteiger partial charge in [0.1, 0.15) is 24.4 Å². The van der Waals surface area contributed by atoms with Crippen molar-refractivity contribution in [3.05, 3.63) is 0 Å². The number of amides is 2. The van der Waals surface area contributed by atoms with E-state index in [2.05, 4.69) is 10.6 Å². The fourth-order valence-electron chi connectivity index (χ4n) is 3.66. The number of esters is 4. The maximum atomic E-state index is 12.8. The average molecular weight is 591 g/mol. The minimum absolute atomic E-state index is 0.0966. The van der Waals surface area contributed by atoms with E-state index in [1.807, 2.05) is 6.92 Å². The Morgan fingerprint density at radius 3 is 2.00 bits per heavy atom. The predicted octanol–water partition coefficient (Wildman–Crippen LogP) is 0.896. The molecule has 0 aromatic carbocycles. The lowest BCUT2D eigenvalue weighted by molar-refractivity contribution is -0.278. The number of nitrogens with one attached hydrogen (secondary N) is 2. The van der Waals surface area contributed by atoms with Crippen LogP contribution in [0.25, 0.3) is 0 Å². The Hall–Kier alpha value is -3.46. The topological polar surface area (TPSA) is 191 Å². The van der Waals surface area contributed by atoms with Crippen LogP contribution >= 0.6 is 0 Å². The van der Waals surface area contributed by atoms with E-state index in [1.54, 1.807) is 20.8 Å². The number of hydrogen-bond donors (Lipinski definition) is 2. The molecule has 1 rings (SSSR count). The zero-order chi connectivity index (χ0) is 31.3. The highest BCUT2D eigenvalue weighted by Gasteiger charge is 2.51. The second-order valence-corrected chi connectivity index (χ2v) is 10.3. The first-order valence-corrected chi connectivity index (χ1v) is 13.2. The molecule has 2 amide bonds. The zero-order valence-electron chi connectivity index (χ0n) is 24.8. The van der Waals surface area contributed by atoms with Crippen LogP contribution in [0, 0.1) is 0 Å². The summed E-state index contributed by atoms with van der Waals surface area (Å²) in [5.41, 5.74) is -0.864. The molecular formula is C26H42N2O13. The Morgan fingerprint density at radius 1 is 0.878 bits per heavy atom. The molecule has 0 bridgehead atoms. The summed E-state index contributed by atoms with van der Waals surface area (Å²) in [6, 6.07) is -2.62. The fraction of sp³-hybridized carbons (Fsp3) is 0.769. The summed E-state index contributed by atoms with van der Waals surface area (Å²) in [7, 11) is 0. The third-order valence-electron chi connectivity index (χ3n) is 5.22. The zero-order valence-corrected chi connectivity index (χ0v) is 24.8. The monoisotopic (exact) mass is 590 g/mol. The van der Waals surface area contributed by atoms with Crippen molar-refractivity contribution in [1.82, 2.24) is 10.6 Å². The Balaban J connectivity index is 3.35. The van der Waals surface area contributed by atoms with Gasteiger partial charge in [-0.1, -0.05) is 13.3 Å². The van der Waals surface area contributed by atoms with Crippen LogP contribution in [-0.4, -0.2) is 98.0 Å². The Morgan fingerprint density at radius 2 is 1.49 bits per heavy atom. The second kappa shape index (κ2) is 16.7. The fourth-order valence-corrected chi connectivity index (χ4v) is 3.66. The predicted molar refractivity (Wildman–Crippen MR) is 139 cm³/mol. The van der Waals surface area contributed by atoms with Crippen molar-refractivity contribution >= 4 is 35.9 Å². The molecule has 0 aliphatic carbocycles. The molecule has 2 N–H and O–H groups in total. The maximum Gasteiger partial charge on any atom is 0.408 e. The summed E-state index contributed by atoms with van der Waals surface area (Å²) in [6.45, 7) is 10.5. The van der Waals surface area contributed by atoms with E-state index < -0.39 is 91.4 Å². The molecule has 1 heterocycles. The molecule has 0 saturated carbocycles. The number of unbranched alkanes of at least 4 members (excludes halogenated alkanes) is 1. The van der Waals surface area contributed by atoms with Gasteiger partial charge in [-0.2, -0.15) is 0 Å².